The van der Waals surface area contributed by atoms with E-state index >= 15 is 0 Å². The first kappa shape index (κ1) is 11.0. The Kier molecular flexibility index (Phi) is 3.83. The normalized spacial score (nSPS) is 11.1. The molecule has 82 valence electrons. The van der Waals surface area contributed by atoms with Crippen LogP contribution in [0, 0.1) is 0 Å². The minimum atomic E-state index is 0.891. The van der Waals surface area contributed by atoms with Crippen LogP contribution in [-0.2, 0) is 0 Å². The van der Waals surface area contributed by atoms with Gasteiger partial charge in [-0.3, -0.25) is 0 Å². The van der Waals surface area contributed by atoms with Crippen molar-refractivity contribution in [2.45, 2.75) is 6.42 Å². The second-order valence-electron chi connectivity index (χ2n) is 3.46. The lowest BCUT2D eigenvalue weighted by Gasteiger charge is -2.01. The van der Waals surface area contributed by atoms with Crippen molar-refractivity contribution < 1.29 is 0 Å². The van der Waals surface area contributed by atoms with E-state index in [9.17, 15) is 0 Å². The van der Waals surface area contributed by atoms with E-state index in [0.29, 0.717) is 0 Å². The molecule has 0 aliphatic rings. The fourth-order valence-corrected chi connectivity index (χ4v) is 1.60. The van der Waals surface area contributed by atoms with E-state index in [1.165, 1.54) is 5.56 Å². The van der Waals surface area contributed by atoms with Gasteiger partial charge in [0.2, 0.25) is 0 Å². The number of hydrogen-bond donors (Lipinski definition) is 1. The summed E-state index contributed by atoms with van der Waals surface area (Å²) in [5.41, 5.74) is 2.29. The maximum absolute atomic E-state index is 4.18. The summed E-state index contributed by atoms with van der Waals surface area (Å²) in [5.74, 6) is 0.891. The van der Waals surface area contributed by atoms with Gasteiger partial charge >= 0.3 is 0 Å². The fraction of sp³-hybridized carbons (Fsp3) is 0.154. The highest BCUT2D eigenvalue weighted by Crippen LogP contribution is 2.10. The van der Waals surface area contributed by atoms with Crippen molar-refractivity contribution in [1.82, 2.24) is 9.78 Å². The smallest absolute Gasteiger partial charge is 0.0645 e. The third-order valence-electron chi connectivity index (χ3n) is 2.27. The number of allylic oxidation sites excluding steroid dienone is 1. The van der Waals surface area contributed by atoms with Gasteiger partial charge in [0.1, 0.15) is 0 Å². The largest absolute Gasteiger partial charge is 0.241 e. The molecular formula is C13H14N2S. The van der Waals surface area contributed by atoms with Crippen LogP contribution in [0.1, 0.15) is 12.0 Å². The van der Waals surface area contributed by atoms with Gasteiger partial charge < -0.3 is 0 Å². The molecule has 3 heteroatoms. The van der Waals surface area contributed by atoms with Gasteiger partial charge in [0.25, 0.3) is 0 Å². The highest BCUT2D eigenvalue weighted by molar-refractivity contribution is 7.80. The van der Waals surface area contributed by atoms with Crippen LogP contribution in [0.4, 0.5) is 0 Å². The van der Waals surface area contributed by atoms with Gasteiger partial charge in [0.05, 0.1) is 5.69 Å². The molecule has 1 aromatic carbocycles. The number of hydrogen-bond acceptors (Lipinski definition) is 2. The third kappa shape index (κ3) is 2.76. The molecule has 0 saturated carbocycles. The molecule has 0 atom stereocenters. The molecule has 1 aromatic heterocycles. The molecule has 0 unspecified atom stereocenters. The molecule has 0 bridgehead atoms. The summed E-state index contributed by atoms with van der Waals surface area (Å²) in [6, 6.07) is 10.2. The summed E-state index contributed by atoms with van der Waals surface area (Å²) < 4.78 is 1.85. The van der Waals surface area contributed by atoms with Crippen molar-refractivity contribution in [3.63, 3.8) is 0 Å². The predicted octanol–water partition coefficient (Wildman–Crippen LogP) is 3.21. The van der Waals surface area contributed by atoms with Gasteiger partial charge in [0, 0.05) is 12.4 Å². The van der Waals surface area contributed by atoms with E-state index in [1.807, 2.05) is 16.9 Å². The van der Waals surface area contributed by atoms with Crippen LogP contribution in [0.5, 0.6) is 0 Å². The Labute approximate surface area is 101 Å². The topological polar surface area (TPSA) is 17.8 Å². The third-order valence-corrected chi connectivity index (χ3v) is 2.53. The lowest BCUT2D eigenvalue weighted by molar-refractivity contribution is 0.880. The second-order valence-corrected chi connectivity index (χ2v) is 3.90. The molecule has 16 heavy (non-hydrogen) atoms. The molecule has 0 radical (unpaired) electrons. The summed E-state index contributed by atoms with van der Waals surface area (Å²) in [7, 11) is 0. The highest BCUT2D eigenvalue weighted by Gasteiger charge is 1.94. The standard InChI is InChI=1S/C13H14N2S/c16-11-2-1-4-12-5-7-13(8-6-12)15-10-3-9-14-15/h1,3-10,16H,2,11H2. The molecule has 0 saturated heterocycles. The first-order chi connectivity index (χ1) is 7.90. The Morgan fingerprint density at radius 3 is 2.69 bits per heavy atom. The van der Waals surface area contributed by atoms with Crippen molar-refractivity contribution in [1.29, 1.82) is 0 Å². The summed E-state index contributed by atoms with van der Waals surface area (Å²) in [6.45, 7) is 0. The molecule has 0 amide bonds. The van der Waals surface area contributed by atoms with E-state index in [0.717, 1.165) is 17.9 Å². The quantitative estimate of drug-likeness (QED) is 0.799. The summed E-state index contributed by atoms with van der Waals surface area (Å²) in [6.07, 6.45) is 8.97. The Hall–Kier alpha value is -1.48. The SMILES string of the molecule is SCCC=Cc1ccc(-n2cccn2)cc1. The van der Waals surface area contributed by atoms with E-state index in [1.54, 1.807) is 6.20 Å². The zero-order valence-corrected chi connectivity index (χ0v) is 9.85. The molecule has 0 fully saturated rings. The lowest BCUT2D eigenvalue weighted by atomic mass is 10.2. The molecule has 0 N–H and O–H groups in total. The average Bonchev–Trinajstić information content (AvgIpc) is 2.84. The van der Waals surface area contributed by atoms with Crippen molar-refractivity contribution in [3.8, 4) is 5.69 Å². The number of nitrogens with zero attached hydrogens (tertiary/aromatic N) is 2. The van der Waals surface area contributed by atoms with Crippen LogP contribution in [0.15, 0.2) is 48.8 Å². The number of rotatable bonds is 4. The van der Waals surface area contributed by atoms with E-state index in [-0.39, 0.29) is 0 Å². The molecule has 2 aromatic rings. The molecule has 0 aliphatic carbocycles. The Balaban J connectivity index is 2.11. The minimum absolute atomic E-state index is 0.891. The van der Waals surface area contributed by atoms with Gasteiger partial charge in [-0.25, -0.2) is 4.68 Å². The van der Waals surface area contributed by atoms with Gasteiger partial charge in [-0.05, 0) is 35.9 Å². The maximum Gasteiger partial charge on any atom is 0.0645 e. The van der Waals surface area contributed by atoms with E-state index < -0.39 is 0 Å². The molecule has 0 aliphatic heterocycles. The lowest BCUT2D eigenvalue weighted by Crippen LogP contribution is -1.93. The molecule has 0 spiro atoms. The average molecular weight is 230 g/mol. The molecular weight excluding hydrogens is 216 g/mol. The predicted molar refractivity (Wildman–Crippen MR) is 71.1 cm³/mol. The summed E-state index contributed by atoms with van der Waals surface area (Å²) in [5, 5.41) is 4.18. The van der Waals surface area contributed by atoms with Crippen LogP contribution in [0.25, 0.3) is 11.8 Å². The van der Waals surface area contributed by atoms with Crippen molar-refractivity contribution in [3.05, 3.63) is 54.4 Å². The van der Waals surface area contributed by atoms with Gasteiger partial charge in [0.15, 0.2) is 0 Å². The van der Waals surface area contributed by atoms with Crippen LogP contribution < -0.4 is 0 Å². The van der Waals surface area contributed by atoms with Crippen LogP contribution >= 0.6 is 12.6 Å². The zero-order valence-electron chi connectivity index (χ0n) is 8.95. The van der Waals surface area contributed by atoms with Crippen LogP contribution in [0.2, 0.25) is 0 Å². The number of aromatic nitrogens is 2. The number of benzene rings is 1. The van der Waals surface area contributed by atoms with E-state index in [4.69, 9.17) is 0 Å². The molecule has 2 nitrogen and oxygen atoms in total. The zero-order chi connectivity index (χ0) is 11.2. The van der Waals surface area contributed by atoms with Gasteiger partial charge in [-0.1, -0.05) is 24.3 Å². The van der Waals surface area contributed by atoms with E-state index in [2.05, 4.69) is 54.1 Å². The second kappa shape index (κ2) is 5.56. The fourth-order valence-electron chi connectivity index (χ4n) is 1.45. The first-order valence-electron chi connectivity index (χ1n) is 5.27. The minimum Gasteiger partial charge on any atom is -0.241 e. The number of thiol groups is 1. The van der Waals surface area contributed by atoms with Crippen LogP contribution in [-0.4, -0.2) is 15.5 Å². The highest BCUT2D eigenvalue weighted by atomic mass is 32.1. The molecule has 2 rings (SSSR count). The Morgan fingerprint density at radius 1 is 1.25 bits per heavy atom. The monoisotopic (exact) mass is 230 g/mol. The summed E-state index contributed by atoms with van der Waals surface area (Å²) in [4.78, 5) is 0. The Morgan fingerprint density at radius 2 is 2.06 bits per heavy atom. The molecule has 1 heterocycles. The van der Waals surface area contributed by atoms with Crippen molar-refractivity contribution in [2.24, 2.45) is 0 Å². The van der Waals surface area contributed by atoms with Crippen molar-refractivity contribution >= 4 is 18.7 Å². The maximum atomic E-state index is 4.18. The van der Waals surface area contributed by atoms with Gasteiger partial charge in [-0.15, -0.1) is 0 Å². The van der Waals surface area contributed by atoms with Crippen LogP contribution in [0.3, 0.4) is 0 Å². The van der Waals surface area contributed by atoms with Gasteiger partial charge in [-0.2, -0.15) is 17.7 Å². The summed E-state index contributed by atoms with van der Waals surface area (Å²) >= 11 is 4.16. The van der Waals surface area contributed by atoms with Crippen molar-refractivity contribution in [2.75, 3.05) is 5.75 Å². The first-order valence-corrected chi connectivity index (χ1v) is 5.91. The Bertz CT molecular complexity index is 443.